The number of nitro groups is 1. The van der Waals surface area contributed by atoms with Gasteiger partial charge in [0.2, 0.25) is 5.75 Å². The van der Waals surface area contributed by atoms with Gasteiger partial charge in [-0.15, -0.1) is 0 Å². The third kappa shape index (κ3) is 5.36. The van der Waals surface area contributed by atoms with E-state index in [9.17, 15) is 10.1 Å². The first-order valence-electron chi connectivity index (χ1n) is 9.45. The van der Waals surface area contributed by atoms with Gasteiger partial charge in [0.15, 0.2) is 5.79 Å². The predicted molar refractivity (Wildman–Crippen MR) is 105 cm³/mol. The smallest absolute Gasteiger partial charge is 0.315 e. The molecule has 0 aliphatic carbocycles. The van der Waals surface area contributed by atoms with E-state index in [1.807, 2.05) is 20.8 Å². The Morgan fingerprint density at radius 2 is 1.93 bits per heavy atom. The lowest BCUT2D eigenvalue weighted by atomic mass is 9.89. The fourth-order valence-electron chi connectivity index (χ4n) is 3.74. The van der Waals surface area contributed by atoms with Crippen molar-refractivity contribution in [3.63, 3.8) is 0 Å². The molecule has 0 N–H and O–H groups in total. The molecule has 29 heavy (non-hydrogen) atoms. The van der Waals surface area contributed by atoms with Gasteiger partial charge in [-0.2, -0.15) is 0 Å². The lowest BCUT2D eigenvalue weighted by molar-refractivity contribution is -0.385. The van der Waals surface area contributed by atoms with Crippen LogP contribution in [0, 0.1) is 16.0 Å². The molecule has 1 aliphatic rings. The lowest BCUT2D eigenvalue weighted by Crippen LogP contribution is -2.50. The van der Waals surface area contributed by atoms with Crippen LogP contribution >= 0.6 is 0 Å². The molecule has 9 heteroatoms. The molecular formula is C20H31NO8. The zero-order chi connectivity index (χ0) is 21.8. The van der Waals surface area contributed by atoms with E-state index in [-0.39, 0.29) is 29.6 Å². The zero-order valence-corrected chi connectivity index (χ0v) is 18.1. The van der Waals surface area contributed by atoms with E-state index >= 15 is 0 Å². The van der Waals surface area contributed by atoms with E-state index in [2.05, 4.69) is 0 Å². The van der Waals surface area contributed by atoms with Gasteiger partial charge in [-0.3, -0.25) is 10.1 Å². The maximum atomic E-state index is 11.5. The van der Waals surface area contributed by atoms with Crippen LogP contribution in [0.3, 0.4) is 0 Å². The second kappa shape index (κ2) is 9.71. The van der Waals surface area contributed by atoms with Crippen LogP contribution in [-0.2, 0) is 18.9 Å². The molecule has 1 aromatic carbocycles. The minimum absolute atomic E-state index is 0.0721. The van der Waals surface area contributed by atoms with E-state index in [4.69, 9.17) is 28.4 Å². The zero-order valence-electron chi connectivity index (χ0n) is 18.1. The van der Waals surface area contributed by atoms with Crippen molar-refractivity contribution in [3.8, 4) is 11.5 Å². The summed E-state index contributed by atoms with van der Waals surface area (Å²) in [7, 11) is 6.05. The Kier molecular flexibility index (Phi) is 7.81. The molecule has 0 aromatic heterocycles. The van der Waals surface area contributed by atoms with Gasteiger partial charge < -0.3 is 28.4 Å². The van der Waals surface area contributed by atoms with Gasteiger partial charge in [-0.25, -0.2) is 0 Å². The van der Waals surface area contributed by atoms with E-state index in [0.29, 0.717) is 24.3 Å². The molecule has 2 rings (SSSR count). The third-order valence-electron chi connectivity index (χ3n) is 5.14. The van der Waals surface area contributed by atoms with Crippen molar-refractivity contribution in [1.82, 2.24) is 0 Å². The number of nitro benzene ring substituents is 1. The van der Waals surface area contributed by atoms with Crippen molar-refractivity contribution >= 4 is 5.69 Å². The number of ether oxygens (including phenoxy) is 6. The van der Waals surface area contributed by atoms with Crippen LogP contribution < -0.4 is 9.47 Å². The SMILES string of the molecule is COc1cc([C@H](OC)[C@@H](C)C[C@@H]2OC(C)(C)OC[C@H]2OC)c(OC)c([N+](=O)[O-])c1. The number of hydrogen-bond acceptors (Lipinski definition) is 8. The van der Waals surface area contributed by atoms with Gasteiger partial charge in [-0.05, 0) is 32.3 Å². The minimum atomic E-state index is -0.714. The van der Waals surface area contributed by atoms with E-state index in [0.717, 1.165) is 0 Å². The second-order valence-electron chi connectivity index (χ2n) is 7.54. The Balaban J connectivity index is 2.36. The van der Waals surface area contributed by atoms with Crippen molar-refractivity contribution in [2.45, 2.75) is 51.3 Å². The number of methoxy groups -OCH3 is 4. The molecule has 0 bridgehead atoms. The Bertz CT molecular complexity index is 708. The Morgan fingerprint density at radius 1 is 1.24 bits per heavy atom. The molecule has 0 amide bonds. The highest BCUT2D eigenvalue weighted by Gasteiger charge is 2.39. The average Bonchev–Trinajstić information content (AvgIpc) is 2.67. The summed E-state index contributed by atoms with van der Waals surface area (Å²) in [6.07, 6.45) is -0.323. The van der Waals surface area contributed by atoms with E-state index < -0.39 is 16.8 Å². The third-order valence-corrected chi connectivity index (χ3v) is 5.14. The molecule has 1 heterocycles. The van der Waals surface area contributed by atoms with Crippen molar-refractivity contribution in [2.24, 2.45) is 5.92 Å². The van der Waals surface area contributed by atoms with Crippen LogP contribution in [0.15, 0.2) is 12.1 Å². The summed E-state index contributed by atoms with van der Waals surface area (Å²) >= 11 is 0. The monoisotopic (exact) mass is 413 g/mol. The average molecular weight is 413 g/mol. The first kappa shape index (κ1) is 23.3. The van der Waals surface area contributed by atoms with Gasteiger partial charge in [0, 0.05) is 19.8 Å². The van der Waals surface area contributed by atoms with Crippen molar-refractivity contribution in [2.75, 3.05) is 35.0 Å². The molecule has 4 atom stereocenters. The predicted octanol–water partition coefficient (Wildman–Crippen LogP) is 3.49. The maximum Gasteiger partial charge on any atom is 0.315 e. The minimum Gasteiger partial charge on any atom is -0.496 e. The molecular weight excluding hydrogens is 382 g/mol. The summed E-state index contributed by atoms with van der Waals surface area (Å²) in [4.78, 5) is 11.0. The molecule has 0 unspecified atom stereocenters. The Hall–Kier alpha value is -1.94. The van der Waals surface area contributed by atoms with Crippen molar-refractivity contribution < 1.29 is 33.3 Å². The molecule has 1 fully saturated rings. The van der Waals surface area contributed by atoms with E-state index in [1.165, 1.54) is 20.3 Å². The number of rotatable bonds is 9. The van der Waals surface area contributed by atoms with Crippen LogP contribution in [0.2, 0.25) is 0 Å². The molecule has 0 radical (unpaired) electrons. The quantitative estimate of drug-likeness (QED) is 0.448. The number of hydrogen-bond donors (Lipinski definition) is 0. The molecule has 0 saturated carbocycles. The van der Waals surface area contributed by atoms with Crippen molar-refractivity contribution in [3.05, 3.63) is 27.8 Å². The second-order valence-corrected chi connectivity index (χ2v) is 7.54. The lowest BCUT2D eigenvalue weighted by Gasteiger charge is -2.42. The van der Waals surface area contributed by atoms with Crippen LogP contribution in [-0.4, -0.2) is 58.0 Å². The molecule has 0 spiro atoms. The maximum absolute atomic E-state index is 11.5. The first-order valence-corrected chi connectivity index (χ1v) is 9.45. The standard InChI is InChI=1S/C20H31NO8/c1-12(8-16-17(25-5)11-28-20(2,3)29-16)18(26-6)14-9-13(24-4)10-15(21(22)23)19(14)27-7/h9-10,12,16-18H,8,11H2,1-7H3/t12-,16-,17+,18+/m0/s1. The Morgan fingerprint density at radius 3 is 2.45 bits per heavy atom. The Labute approximate surface area is 171 Å². The summed E-state index contributed by atoms with van der Waals surface area (Å²) in [6, 6.07) is 3.05. The van der Waals surface area contributed by atoms with Crippen LogP contribution in [0.1, 0.15) is 38.9 Å². The van der Waals surface area contributed by atoms with Crippen LogP contribution in [0.5, 0.6) is 11.5 Å². The molecule has 1 aliphatic heterocycles. The largest absolute Gasteiger partial charge is 0.496 e. The molecule has 164 valence electrons. The summed E-state index contributed by atoms with van der Waals surface area (Å²) in [5.74, 6) is -0.267. The summed E-state index contributed by atoms with van der Waals surface area (Å²) in [6.45, 7) is 6.14. The highest BCUT2D eigenvalue weighted by molar-refractivity contribution is 5.57. The normalized spacial score (nSPS) is 23.3. The van der Waals surface area contributed by atoms with Crippen LogP contribution in [0.4, 0.5) is 5.69 Å². The molecule has 1 saturated heterocycles. The number of nitrogens with zero attached hydrogens (tertiary/aromatic N) is 1. The fourth-order valence-corrected chi connectivity index (χ4v) is 3.74. The molecule has 9 nitrogen and oxygen atoms in total. The van der Waals surface area contributed by atoms with E-state index in [1.54, 1.807) is 20.3 Å². The summed E-state index contributed by atoms with van der Waals surface area (Å²) in [5, 5.41) is 11.5. The van der Waals surface area contributed by atoms with Gasteiger partial charge in [0.25, 0.3) is 0 Å². The highest BCUT2D eigenvalue weighted by atomic mass is 16.7. The van der Waals surface area contributed by atoms with Gasteiger partial charge in [0.1, 0.15) is 11.9 Å². The van der Waals surface area contributed by atoms with Gasteiger partial charge in [-0.1, -0.05) is 6.92 Å². The van der Waals surface area contributed by atoms with Crippen molar-refractivity contribution in [1.29, 1.82) is 0 Å². The fraction of sp³-hybridized carbons (Fsp3) is 0.700. The topological polar surface area (TPSA) is 98.5 Å². The first-order chi connectivity index (χ1) is 13.7. The summed E-state index contributed by atoms with van der Waals surface area (Å²) in [5.41, 5.74) is 0.378. The number of benzene rings is 1. The van der Waals surface area contributed by atoms with Crippen LogP contribution in [0.25, 0.3) is 0 Å². The van der Waals surface area contributed by atoms with Gasteiger partial charge in [0.05, 0.1) is 44.0 Å². The summed E-state index contributed by atoms with van der Waals surface area (Å²) < 4.78 is 33.7. The van der Waals surface area contributed by atoms with Gasteiger partial charge >= 0.3 is 5.69 Å². The molecule has 1 aromatic rings. The highest BCUT2D eigenvalue weighted by Crippen LogP contribution is 2.43.